The smallest absolute Gasteiger partial charge is 0.282 e. The Bertz CT molecular complexity index is 616. The predicted molar refractivity (Wildman–Crippen MR) is 69.8 cm³/mol. The molecule has 0 unspecified atom stereocenters. The Labute approximate surface area is 102 Å². The van der Waals surface area contributed by atoms with Gasteiger partial charge in [0.2, 0.25) is 0 Å². The molecule has 3 nitrogen and oxygen atoms in total. The lowest BCUT2D eigenvalue weighted by atomic mass is 10.1. The van der Waals surface area contributed by atoms with E-state index < -0.39 is 10.1 Å². The molecular formula is C13H16O3S. The van der Waals surface area contributed by atoms with E-state index in [9.17, 15) is 8.42 Å². The first-order valence-electron chi connectivity index (χ1n) is 5.46. The molecule has 0 atom stereocenters. The van der Waals surface area contributed by atoms with Gasteiger partial charge < -0.3 is 0 Å². The van der Waals surface area contributed by atoms with E-state index in [4.69, 9.17) is 4.55 Å². The van der Waals surface area contributed by atoms with Crippen LogP contribution in [0.15, 0.2) is 41.3 Å². The zero-order valence-corrected chi connectivity index (χ0v) is 11.0. The van der Waals surface area contributed by atoms with Gasteiger partial charge in [0, 0.05) is 5.39 Å². The summed E-state index contributed by atoms with van der Waals surface area (Å²) in [6.45, 7) is 5.66. The van der Waals surface area contributed by atoms with Crippen LogP contribution in [0.3, 0.4) is 0 Å². The second-order valence-corrected chi connectivity index (χ2v) is 4.77. The van der Waals surface area contributed by atoms with Crippen molar-refractivity contribution in [3.05, 3.63) is 42.0 Å². The van der Waals surface area contributed by atoms with E-state index in [0.29, 0.717) is 10.9 Å². The average Bonchev–Trinajstić information content (AvgIpc) is 2.29. The van der Waals surface area contributed by atoms with Gasteiger partial charge in [-0.1, -0.05) is 50.2 Å². The van der Waals surface area contributed by atoms with Crippen LogP contribution < -0.4 is 0 Å². The van der Waals surface area contributed by atoms with Crippen LogP contribution in [0.5, 0.6) is 0 Å². The van der Waals surface area contributed by atoms with Gasteiger partial charge in [0.05, 0.1) is 0 Å². The van der Waals surface area contributed by atoms with Gasteiger partial charge in [-0.2, -0.15) is 8.42 Å². The van der Waals surface area contributed by atoms with Crippen LogP contribution in [0.2, 0.25) is 0 Å². The van der Waals surface area contributed by atoms with E-state index in [0.717, 1.165) is 5.39 Å². The summed E-state index contributed by atoms with van der Waals surface area (Å²) in [6, 6.07) is 10.6. The van der Waals surface area contributed by atoms with Crippen molar-refractivity contribution < 1.29 is 13.0 Å². The number of aryl methyl sites for hydroxylation is 1. The minimum Gasteiger partial charge on any atom is -0.282 e. The fraction of sp³-hybridized carbons (Fsp3) is 0.231. The van der Waals surface area contributed by atoms with Crippen molar-refractivity contribution in [2.75, 3.05) is 0 Å². The summed E-state index contributed by atoms with van der Waals surface area (Å²) in [5, 5.41) is 1.36. The lowest BCUT2D eigenvalue weighted by Crippen LogP contribution is -2.01. The predicted octanol–water partition coefficient (Wildman–Crippen LogP) is 3.42. The van der Waals surface area contributed by atoms with Crippen molar-refractivity contribution in [2.45, 2.75) is 25.7 Å². The molecule has 0 saturated carbocycles. The molecule has 0 aliphatic carbocycles. The third-order valence-corrected chi connectivity index (χ3v) is 3.39. The van der Waals surface area contributed by atoms with E-state index in [1.807, 2.05) is 32.0 Å². The molecule has 0 saturated heterocycles. The normalized spacial score (nSPS) is 10.8. The van der Waals surface area contributed by atoms with Crippen molar-refractivity contribution in [1.29, 1.82) is 0 Å². The van der Waals surface area contributed by atoms with E-state index in [2.05, 4.69) is 0 Å². The lowest BCUT2D eigenvalue weighted by Gasteiger charge is -2.06. The highest BCUT2D eigenvalue weighted by Gasteiger charge is 2.16. The van der Waals surface area contributed by atoms with E-state index in [1.54, 1.807) is 25.1 Å². The van der Waals surface area contributed by atoms with Crippen LogP contribution in [0.4, 0.5) is 0 Å². The first-order chi connectivity index (χ1) is 8.00. The van der Waals surface area contributed by atoms with Gasteiger partial charge in [-0.05, 0) is 17.9 Å². The molecule has 0 fully saturated rings. The summed E-state index contributed by atoms with van der Waals surface area (Å²) in [5.74, 6) is 0. The third kappa shape index (κ3) is 2.84. The summed E-state index contributed by atoms with van der Waals surface area (Å²) in [7, 11) is -4.16. The van der Waals surface area contributed by atoms with Gasteiger partial charge in [-0.15, -0.1) is 0 Å². The highest BCUT2D eigenvalue weighted by Crippen LogP contribution is 2.25. The summed E-state index contributed by atoms with van der Waals surface area (Å²) >= 11 is 0. The van der Waals surface area contributed by atoms with E-state index in [1.165, 1.54) is 0 Å². The second-order valence-electron chi connectivity index (χ2n) is 3.41. The topological polar surface area (TPSA) is 54.4 Å². The Morgan fingerprint density at radius 3 is 2.18 bits per heavy atom. The minimum absolute atomic E-state index is 0.000556. The Balaban J connectivity index is 0.000000686. The zero-order valence-electron chi connectivity index (χ0n) is 10.1. The summed E-state index contributed by atoms with van der Waals surface area (Å²) in [6.07, 6.45) is 0. The maximum Gasteiger partial charge on any atom is 0.295 e. The van der Waals surface area contributed by atoms with Crippen LogP contribution in [0, 0.1) is 6.92 Å². The largest absolute Gasteiger partial charge is 0.295 e. The Hall–Kier alpha value is -1.39. The molecule has 0 aliphatic heterocycles. The van der Waals surface area contributed by atoms with E-state index in [-0.39, 0.29) is 4.90 Å². The molecule has 0 aliphatic rings. The average molecular weight is 252 g/mol. The second kappa shape index (κ2) is 5.29. The maximum absolute atomic E-state index is 11.2. The molecule has 1 N–H and O–H groups in total. The first-order valence-corrected chi connectivity index (χ1v) is 6.90. The molecular weight excluding hydrogens is 236 g/mol. The Morgan fingerprint density at radius 2 is 1.59 bits per heavy atom. The SMILES string of the molecule is CC.Cc1ccc2ccccc2c1S(=O)(=O)O. The Morgan fingerprint density at radius 1 is 1.00 bits per heavy atom. The quantitative estimate of drug-likeness (QED) is 0.791. The molecule has 0 heterocycles. The molecule has 2 aromatic rings. The monoisotopic (exact) mass is 252 g/mol. The molecule has 92 valence electrons. The Kier molecular flexibility index (Phi) is 4.26. The number of rotatable bonds is 1. The molecule has 4 heteroatoms. The van der Waals surface area contributed by atoms with Crippen LogP contribution in [-0.4, -0.2) is 13.0 Å². The van der Waals surface area contributed by atoms with Crippen molar-refractivity contribution in [3.63, 3.8) is 0 Å². The summed E-state index contributed by atoms with van der Waals surface area (Å²) in [5.41, 5.74) is 0.552. The van der Waals surface area contributed by atoms with Crippen LogP contribution in [-0.2, 0) is 10.1 Å². The highest BCUT2D eigenvalue weighted by atomic mass is 32.2. The fourth-order valence-corrected chi connectivity index (χ4v) is 2.63. The maximum atomic E-state index is 11.2. The van der Waals surface area contributed by atoms with Gasteiger partial charge in [-0.25, -0.2) is 0 Å². The van der Waals surface area contributed by atoms with Gasteiger partial charge in [-0.3, -0.25) is 4.55 Å². The van der Waals surface area contributed by atoms with Gasteiger partial charge in [0.15, 0.2) is 0 Å². The number of hydrogen-bond donors (Lipinski definition) is 1. The summed E-state index contributed by atoms with van der Waals surface area (Å²) in [4.78, 5) is 0.000556. The van der Waals surface area contributed by atoms with Gasteiger partial charge >= 0.3 is 0 Å². The molecule has 17 heavy (non-hydrogen) atoms. The van der Waals surface area contributed by atoms with Crippen molar-refractivity contribution in [1.82, 2.24) is 0 Å². The number of benzene rings is 2. The molecule has 2 rings (SSSR count). The standard InChI is InChI=1S/C11H10O3S.C2H6/c1-8-6-7-9-4-2-3-5-10(9)11(8)15(12,13)14;1-2/h2-7H,1H3,(H,12,13,14);1-2H3. The molecule has 2 aromatic carbocycles. The molecule has 0 spiro atoms. The van der Waals surface area contributed by atoms with Crippen molar-refractivity contribution in [2.24, 2.45) is 0 Å². The zero-order chi connectivity index (χ0) is 13.1. The fourth-order valence-electron chi connectivity index (χ4n) is 1.69. The van der Waals surface area contributed by atoms with E-state index >= 15 is 0 Å². The minimum atomic E-state index is -4.16. The third-order valence-electron chi connectivity index (χ3n) is 2.33. The number of hydrogen-bond acceptors (Lipinski definition) is 2. The van der Waals surface area contributed by atoms with Crippen LogP contribution >= 0.6 is 0 Å². The lowest BCUT2D eigenvalue weighted by molar-refractivity contribution is 0.483. The summed E-state index contributed by atoms with van der Waals surface area (Å²) < 4.78 is 31.6. The highest BCUT2D eigenvalue weighted by molar-refractivity contribution is 7.86. The van der Waals surface area contributed by atoms with Gasteiger partial charge in [0.1, 0.15) is 4.90 Å². The number of fused-ring (bicyclic) bond motifs is 1. The van der Waals surface area contributed by atoms with Gasteiger partial charge in [0.25, 0.3) is 10.1 Å². The molecule has 0 aromatic heterocycles. The van der Waals surface area contributed by atoms with Crippen LogP contribution in [0.1, 0.15) is 19.4 Å². The molecule has 0 radical (unpaired) electrons. The molecule has 0 amide bonds. The van der Waals surface area contributed by atoms with Crippen molar-refractivity contribution in [3.8, 4) is 0 Å². The van der Waals surface area contributed by atoms with Crippen LogP contribution in [0.25, 0.3) is 10.8 Å². The molecule has 0 bridgehead atoms. The van der Waals surface area contributed by atoms with Crippen molar-refractivity contribution >= 4 is 20.9 Å². The first kappa shape index (κ1) is 13.7.